The SMILES string of the molecule is Cc1cnnn1CC(=O)NC(C)c1ccccc1. The predicted molar refractivity (Wildman–Crippen MR) is 67.8 cm³/mol. The van der Waals surface area contributed by atoms with Crippen molar-refractivity contribution in [2.45, 2.75) is 26.4 Å². The number of rotatable bonds is 4. The summed E-state index contributed by atoms with van der Waals surface area (Å²) in [6.45, 7) is 4.03. The van der Waals surface area contributed by atoms with Gasteiger partial charge in [0.2, 0.25) is 5.91 Å². The fraction of sp³-hybridized carbons (Fsp3) is 0.308. The lowest BCUT2D eigenvalue weighted by Crippen LogP contribution is -2.30. The van der Waals surface area contributed by atoms with Crippen molar-refractivity contribution in [2.24, 2.45) is 0 Å². The van der Waals surface area contributed by atoms with Crippen LogP contribution in [-0.2, 0) is 11.3 Å². The van der Waals surface area contributed by atoms with Gasteiger partial charge in [0.05, 0.1) is 17.9 Å². The summed E-state index contributed by atoms with van der Waals surface area (Å²) >= 11 is 0. The summed E-state index contributed by atoms with van der Waals surface area (Å²) in [7, 11) is 0. The highest BCUT2D eigenvalue weighted by Crippen LogP contribution is 2.10. The number of aryl methyl sites for hydroxylation is 1. The molecule has 2 rings (SSSR count). The highest BCUT2D eigenvalue weighted by atomic mass is 16.2. The highest BCUT2D eigenvalue weighted by Gasteiger charge is 2.10. The molecule has 1 unspecified atom stereocenters. The van der Waals surface area contributed by atoms with Crippen molar-refractivity contribution in [1.82, 2.24) is 20.3 Å². The average molecular weight is 244 g/mol. The third kappa shape index (κ3) is 2.94. The molecular weight excluding hydrogens is 228 g/mol. The van der Waals surface area contributed by atoms with Gasteiger partial charge in [0, 0.05) is 0 Å². The minimum absolute atomic E-state index is 0.0115. The number of carbonyl (C=O) groups excluding carboxylic acids is 1. The summed E-state index contributed by atoms with van der Waals surface area (Å²) in [5.74, 6) is -0.0695. The largest absolute Gasteiger partial charge is 0.348 e. The van der Waals surface area contributed by atoms with Gasteiger partial charge in [-0.3, -0.25) is 4.79 Å². The van der Waals surface area contributed by atoms with Gasteiger partial charge in [0.25, 0.3) is 0 Å². The Morgan fingerprint density at radius 1 is 1.39 bits per heavy atom. The molecule has 1 atom stereocenters. The molecule has 0 aliphatic heterocycles. The summed E-state index contributed by atoms with van der Waals surface area (Å²) < 4.78 is 1.58. The second-order valence-corrected chi connectivity index (χ2v) is 4.23. The average Bonchev–Trinajstić information content (AvgIpc) is 2.76. The van der Waals surface area contributed by atoms with Crippen molar-refractivity contribution in [3.8, 4) is 0 Å². The van der Waals surface area contributed by atoms with Crippen molar-refractivity contribution in [1.29, 1.82) is 0 Å². The molecule has 1 aromatic heterocycles. The van der Waals surface area contributed by atoms with E-state index in [0.29, 0.717) is 0 Å². The number of nitrogens with zero attached hydrogens (tertiary/aromatic N) is 3. The number of aromatic nitrogens is 3. The molecule has 0 saturated heterocycles. The normalized spacial score (nSPS) is 12.1. The zero-order valence-corrected chi connectivity index (χ0v) is 10.5. The Hall–Kier alpha value is -2.17. The number of amides is 1. The first kappa shape index (κ1) is 12.3. The number of carbonyl (C=O) groups is 1. The molecular formula is C13H16N4O. The topological polar surface area (TPSA) is 59.8 Å². The minimum atomic E-state index is -0.0695. The summed E-state index contributed by atoms with van der Waals surface area (Å²) in [5.41, 5.74) is 1.96. The van der Waals surface area contributed by atoms with Gasteiger partial charge in [-0.15, -0.1) is 5.10 Å². The number of benzene rings is 1. The van der Waals surface area contributed by atoms with Gasteiger partial charge < -0.3 is 5.32 Å². The molecule has 94 valence electrons. The smallest absolute Gasteiger partial charge is 0.242 e. The standard InChI is InChI=1S/C13H16N4O/c1-10-8-14-16-17(10)9-13(18)15-11(2)12-6-4-3-5-7-12/h3-8,11H,9H2,1-2H3,(H,15,18). The van der Waals surface area contributed by atoms with Gasteiger partial charge >= 0.3 is 0 Å². The lowest BCUT2D eigenvalue weighted by Gasteiger charge is -2.14. The molecule has 0 radical (unpaired) electrons. The molecule has 1 amide bonds. The Balaban J connectivity index is 1.94. The van der Waals surface area contributed by atoms with Crippen LogP contribution in [0.5, 0.6) is 0 Å². The van der Waals surface area contributed by atoms with Crippen LogP contribution >= 0.6 is 0 Å². The van der Waals surface area contributed by atoms with E-state index in [1.54, 1.807) is 10.9 Å². The van der Waals surface area contributed by atoms with Gasteiger partial charge in [0.15, 0.2) is 0 Å². The third-order valence-corrected chi connectivity index (χ3v) is 2.78. The van der Waals surface area contributed by atoms with Gasteiger partial charge in [-0.2, -0.15) is 0 Å². The zero-order valence-electron chi connectivity index (χ0n) is 10.5. The number of hydrogen-bond acceptors (Lipinski definition) is 3. The van der Waals surface area contributed by atoms with E-state index in [0.717, 1.165) is 11.3 Å². The van der Waals surface area contributed by atoms with Gasteiger partial charge in [-0.25, -0.2) is 4.68 Å². The molecule has 0 aliphatic rings. The summed E-state index contributed by atoms with van der Waals surface area (Å²) in [6.07, 6.45) is 1.63. The van der Waals surface area contributed by atoms with E-state index in [1.807, 2.05) is 44.2 Å². The Morgan fingerprint density at radius 2 is 2.11 bits per heavy atom. The lowest BCUT2D eigenvalue weighted by atomic mass is 10.1. The van der Waals surface area contributed by atoms with Crippen molar-refractivity contribution in [3.63, 3.8) is 0 Å². The van der Waals surface area contributed by atoms with E-state index in [-0.39, 0.29) is 18.5 Å². The molecule has 0 aliphatic carbocycles. The van der Waals surface area contributed by atoms with E-state index < -0.39 is 0 Å². The van der Waals surface area contributed by atoms with Gasteiger partial charge in [-0.05, 0) is 19.4 Å². The fourth-order valence-corrected chi connectivity index (χ4v) is 1.71. The number of hydrogen-bond donors (Lipinski definition) is 1. The Bertz CT molecular complexity index is 521. The maximum absolute atomic E-state index is 11.8. The van der Waals surface area contributed by atoms with Crippen LogP contribution in [0.3, 0.4) is 0 Å². The number of nitrogens with one attached hydrogen (secondary N) is 1. The molecule has 0 spiro atoms. The lowest BCUT2D eigenvalue weighted by molar-refractivity contribution is -0.122. The maximum Gasteiger partial charge on any atom is 0.242 e. The fourth-order valence-electron chi connectivity index (χ4n) is 1.71. The minimum Gasteiger partial charge on any atom is -0.348 e. The first-order valence-corrected chi connectivity index (χ1v) is 5.86. The molecule has 18 heavy (non-hydrogen) atoms. The highest BCUT2D eigenvalue weighted by molar-refractivity contribution is 5.76. The Kier molecular flexibility index (Phi) is 3.72. The van der Waals surface area contributed by atoms with Crippen LogP contribution in [0.1, 0.15) is 24.2 Å². The molecule has 5 nitrogen and oxygen atoms in total. The first-order valence-electron chi connectivity index (χ1n) is 5.86. The summed E-state index contributed by atoms with van der Waals surface area (Å²) in [5, 5.41) is 10.5. The second kappa shape index (κ2) is 5.44. The molecule has 5 heteroatoms. The van der Waals surface area contributed by atoms with E-state index in [4.69, 9.17) is 0 Å². The Labute approximate surface area is 106 Å². The van der Waals surface area contributed by atoms with Crippen LogP contribution in [-0.4, -0.2) is 20.9 Å². The predicted octanol–water partition coefficient (Wildman–Crippen LogP) is 1.46. The van der Waals surface area contributed by atoms with E-state index in [9.17, 15) is 4.79 Å². The van der Waals surface area contributed by atoms with E-state index in [2.05, 4.69) is 15.6 Å². The third-order valence-electron chi connectivity index (χ3n) is 2.78. The van der Waals surface area contributed by atoms with E-state index in [1.165, 1.54) is 0 Å². The van der Waals surface area contributed by atoms with Crippen LogP contribution in [0.2, 0.25) is 0 Å². The van der Waals surface area contributed by atoms with E-state index >= 15 is 0 Å². The van der Waals surface area contributed by atoms with Crippen molar-refractivity contribution < 1.29 is 4.79 Å². The van der Waals surface area contributed by atoms with Crippen LogP contribution < -0.4 is 5.32 Å². The molecule has 0 bridgehead atoms. The first-order chi connectivity index (χ1) is 8.66. The zero-order chi connectivity index (χ0) is 13.0. The van der Waals surface area contributed by atoms with Crippen LogP contribution in [0, 0.1) is 6.92 Å². The molecule has 1 heterocycles. The van der Waals surface area contributed by atoms with Crippen LogP contribution in [0.25, 0.3) is 0 Å². The quantitative estimate of drug-likeness (QED) is 0.885. The Morgan fingerprint density at radius 3 is 2.72 bits per heavy atom. The summed E-state index contributed by atoms with van der Waals surface area (Å²) in [6, 6.07) is 9.84. The van der Waals surface area contributed by atoms with Crippen molar-refractivity contribution in [3.05, 3.63) is 47.8 Å². The van der Waals surface area contributed by atoms with Gasteiger partial charge in [-0.1, -0.05) is 35.5 Å². The molecule has 2 aromatic rings. The second-order valence-electron chi connectivity index (χ2n) is 4.23. The summed E-state index contributed by atoms with van der Waals surface area (Å²) in [4.78, 5) is 11.8. The van der Waals surface area contributed by atoms with Crippen molar-refractivity contribution in [2.75, 3.05) is 0 Å². The molecule has 0 fully saturated rings. The molecule has 0 saturated carbocycles. The molecule has 1 aromatic carbocycles. The molecule has 1 N–H and O–H groups in total. The monoisotopic (exact) mass is 244 g/mol. The van der Waals surface area contributed by atoms with Crippen LogP contribution in [0.4, 0.5) is 0 Å². The maximum atomic E-state index is 11.8. The van der Waals surface area contributed by atoms with Crippen molar-refractivity contribution >= 4 is 5.91 Å². The van der Waals surface area contributed by atoms with Crippen LogP contribution in [0.15, 0.2) is 36.5 Å². The van der Waals surface area contributed by atoms with Gasteiger partial charge in [0.1, 0.15) is 6.54 Å².